The molecule has 23 heavy (non-hydrogen) atoms. The molecule has 0 radical (unpaired) electrons. The predicted molar refractivity (Wildman–Crippen MR) is 76.1 cm³/mol. The zero-order valence-corrected chi connectivity index (χ0v) is 13.0. The van der Waals surface area contributed by atoms with E-state index >= 15 is 0 Å². The Bertz CT molecular complexity index is 708. The monoisotopic (exact) mass is 368 g/mol. The molecule has 1 aromatic heterocycles. The van der Waals surface area contributed by atoms with Crippen LogP contribution in [0.3, 0.4) is 0 Å². The molecule has 0 spiro atoms. The van der Waals surface area contributed by atoms with Gasteiger partial charge in [-0.25, -0.2) is 4.79 Å². The molecule has 1 N–H and O–H groups in total. The van der Waals surface area contributed by atoms with E-state index in [4.69, 9.17) is 32.7 Å². The van der Waals surface area contributed by atoms with Gasteiger partial charge in [0.15, 0.2) is 5.75 Å². The van der Waals surface area contributed by atoms with Crippen molar-refractivity contribution in [2.45, 2.75) is 13.1 Å². The van der Waals surface area contributed by atoms with E-state index in [1.807, 2.05) is 0 Å². The summed E-state index contributed by atoms with van der Waals surface area (Å²) in [6.07, 6.45) is -4.59. The molecule has 0 aliphatic heterocycles. The molecule has 2 aromatic rings. The molecule has 1 heterocycles. The summed E-state index contributed by atoms with van der Waals surface area (Å²) in [5, 5.41) is 5.37. The number of nitrogens with one attached hydrogen (secondary N) is 1. The fourth-order valence-electron chi connectivity index (χ4n) is 1.59. The average molecular weight is 369 g/mol. The van der Waals surface area contributed by atoms with E-state index in [2.05, 4.69) is 10.2 Å². The normalized spacial score (nSPS) is 11.4. The van der Waals surface area contributed by atoms with E-state index in [0.717, 1.165) is 0 Å². The lowest BCUT2D eigenvalue weighted by Gasteiger charge is -2.11. The van der Waals surface area contributed by atoms with Gasteiger partial charge in [-0.3, -0.25) is 5.10 Å². The van der Waals surface area contributed by atoms with Crippen LogP contribution in [-0.2, 0) is 10.9 Å². The molecule has 0 saturated heterocycles. The van der Waals surface area contributed by atoms with Crippen LogP contribution in [0.4, 0.5) is 13.2 Å². The van der Waals surface area contributed by atoms with Crippen LogP contribution in [0.15, 0.2) is 18.2 Å². The van der Waals surface area contributed by atoms with Gasteiger partial charge in [-0.15, -0.1) is 5.10 Å². The molecule has 124 valence electrons. The molecule has 0 atom stereocenters. The van der Waals surface area contributed by atoms with E-state index in [9.17, 15) is 18.0 Å². The summed E-state index contributed by atoms with van der Waals surface area (Å²) in [5.41, 5.74) is -0.991. The molecule has 0 saturated carbocycles. The maximum absolute atomic E-state index is 12.6. The Morgan fingerprint density at radius 2 is 1.87 bits per heavy atom. The smallest absolute Gasteiger partial charge is 0.416 e. The van der Waals surface area contributed by atoms with E-state index in [0.29, 0.717) is 12.1 Å². The summed E-state index contributed by atoms with van der Waals surface area (Å²) in [6, 6.07) is 2.58. The summed E-state index contributed by atoms with van der Waals surface area (Å²) in [5.74, 6) is -0.959. The highest BCUT2D eigenvalue weighted by molar-refractivity contribution is 6.37. The zero-order chi connectivity index (χ0) is 17.2. The van der Waals surface area contributed by atoms with E-state index in [1.165, 1.54) is 6.07 Å². The first-order chi connectivity index (χ1) is 10.7. The molecule has 2 rings (SSSR count). The quantitative estimate of drug-likeness (QED) is 0.794. The van der Waals surface area contributed by atoms with E-state index in [-0.39, 0.29) is 34.0 Å². The number of nitrogens with zero attached hydrogens (tertiary/aromatic N) is 1. The van der Waals surface area contributed by atoms with Crippen LogP contribution < -0.4 is 4.74 Å². The highest BCUT2D eigenvalue weighted by Gasteiger charge is 2.32. The lowest BCUT2D eigenvalue weighted by Crippen LogP contribution is -2.05. The molecule has 5 nitrogen and oxygen atoms in total. The van der Waals surface area contributed by atoms with Gasteiger partial charge in [0.1, 0.15) is 5.69 Å². The van der Waals surface area contributed by atoms with Crippen molar-refractivity contribution in [2.75, 3.05) is 6.61 Å². The predicted octanol–water partition coefficient (Wildman–Crippen LogP) is 4.70. The van der Waals surface area contributed by atoms with Crippen LogP contribution in [0.25, 0.3) is 0 Å². The number of ether oxygens (including phenoxy) is 2. The Kier molecular flexibility index (Phi) is 5.06. The topological polar surface area (TPSA) is 64.2 Å². The van der Waals surface area contributed by atoms with Gasteiger partial charge in [-0.05, 0) is 19.1 Å². The van der Waals surface area contributed by atoms with Gasteiger partial charge in [0.05, 0.1) is 22.2 Å². The van der Waals surface area contributed by atoms with Crippen molar-refractivity contribution in [3.63, 3.8) is 0 Å². The highest BCUT2D eigenvalue weighted by atomic mass is 35.5. The number of carbonyl (C=O) groups is 1. The lowest BCUT2D eigenvalue weighted by molar-refractivity contribution is -0.137. The summed E-state index contributed by atoms with van der Waals surface area (Å²) >= 11 is 11.5. The second-order valence-electron chi connectivity index (χ2n) is 4.21. The first kappa shape index (κ1) is 17.4. The molecule has 10 heteroatoms. The van der Waals surface area contributed by atoms with Gasteiger partial charge in [-0.2, -0.15) is 13.2 Å². The van der Waals surface area contributed by atoms with Crippen LogP contribution in [-0.4, -0.2) is 22.8 Å². The Morgan fingerprint density at radius 3 is 2.39 bits per heavy atom. The van der Waals surface area contributed by atoms with Crippen molar-refractivity contribution in [3.8, 4) is 11.6 Å². The van der Waals surface area contributed by atoms with Gasteiger partial charge < -0.3 is 9.47 Å². The zero-order valence-electron chi connectivity index (χ0n) is 11.5. The minimum Gasteiger partial charge on any atom is -0.461 e. The minimum absolute atomic E-state index is 0.0148. The first-order valence-electron chi connectivity index (χ1n) is 6.19. The van der Waals surface area contributed by atoms with Gasteiger partial charge in [-0.1, -0.05) is 23.2 Å². The average Bonchev–Trinajstić information content (AvgIpc) is 2.90. The maximum atomic E-state index is 12.6. The summed E-state index contributed by atoms with van der Waals surface area (Å²) in [4.78, 5) is 11.5. The SMILES string of the molecule is CCOC(=O)c1cc(Oc2c(Cl)cc(C(F)(F)F)cc2Cl)n[nH]1. The molecule has 0 fully saturated rings. The molecular formula is C13H9Cl2F3N2O3. The number of benzene rings is 1. The standard InChI is InChI=1S/C13H9Cl2F3N2O3/c1-2-22-12(21)9-5-10(20-19-9)23-11-7(14)3-6(4-8(11)15)13(16,17)18/h3-5H,2H2,1H3,(H,19,20). The van der Waals surface area contributed by atoms with Crippen molar-refractivity contribution < 1.29 is 27.4 Å². The first-order valence-corrected chi connectivity index (χ1v) is 6.94. The number of carbonyl (C=O) groups excluding carboxylic acids is 1. The number of aromatic amines is 1. The fourth-order valence-corrected chi connectivity index (χ4v) is 2.16. The number of rotatable bonds is 4. The van der Waals surface area contributed by atoms with E-state index < -0.39 is 17.7 Å². The van der Waals surface area contributed by atoms with Crippen LogP contribution in [0.1, 0.15) is 23.0 Å². The Balaban J connectivity index is 2.26. The maximum Gasteiger partial charge on any atom is 0.416 e. The Morgan fingerprint density at radius 1 is 1.26 bits per heavy atom. The van der Waals surface area contributed by atoms with Crippen molar-refractivity contribution in [1.82, 2.24) is 10.2 Å². The van der Waals surface area contributed by atoms with Crippen molar-refractivity contribution in [2.24, 2.45) is 0 Å². The molecule has 0 aliphatic rings. The summed E-state index contributed by atoms with van der Waals surface area (Å²) in [7, 11) is 0. The van der Waals surface area contributed by atoms with E-state index in [1.54, 1.807) is 6.92 Å². The molecule has 0 bridgehead atoms. The van der Waals surface area contributed by atoms with Crippen LogP contribution >= 0.6 is 23.2 Å². The van der Waals surface area contributed by atoms with Gasteiger partial charge in [0.2, 0.25) is 5.88 Å². The lowest BCUT2D eigenvalue weighted by atomic mass is 10.2. The highest BCUT2D eigenvalue weighted by Crippen LogP contribution is 2.41. The molecular weight excluding hydrogens is 360 g/mol. The number of H-pyrrole nitrogens is 1. The minimum atomic E-state index is -4.59. The molecule has 0 amide bonds. The van der Waals surface area contributed by atoms with Crippen molar-refractivity contribution in [3.05, 3.63) is 39.5 Å². The third-order valence-electron chi connectivity index (χ3n) is 2.58. The number of hydrogen-bond donors (Lipinski definition) is 1. The summed E-state index contributed by atoms with van der Waals surface area (Å²) in [6.45, 7) is 1.80. The Labute approximate surface area is 138 Å². The van der Waals surface area contributed by atoms with Gasteiger partial charge in [0, 0.05) is 6.07 Å². The van der Waals surface area contributed by atoms with Crippen LogP contribution in [0.2, 0.25) is 10.0 Å². The molecule has 0 aliphatic carbocycles. The van der Waals surface area contributed by atoms with Crippen LogP contribution in [0.5, 0.6) is 11.6 Å². The van der Waals surface area contributed by atoms with Gasteiger partial charge in [0.25, 0.3) is 0 Å². The van der Waals surface area contributed by atoms with Crippen LogP contribution in [0, 0.1) is 0 Å². The molecule has 1 aromatic carbocycles. The summed E-state index contributed by atoms with van der Waals surface area (Å²) < 4.78 is 47.9. The van der Waals surface area contributed by atoms with Crippen molar-refractivity contribution in [1.29, 1.82) is 0 Å². The molecule has 0 unspecified atom stereocenters. The van der Waals surface area contributed by atoms with Gasteiger partial charge >= 0.3 is 12.1 Å². The number of alkyl halides is 3. The second kappa shape index (κ2) is 6.67. The Hall–Kier alpha value is -1.93. The number of aromatic nitrogens is 2. The fraction of sp³-hybridized carbons (Fsp3) is 0.231. The largest absolute Gasteiger partial charge is 0.461 e. The number of halogens is 5. The third kappa shape index (κ3) is 4.08. The number of hydrogen-bond acceptors (Lipinski definition) is 4. The number of esters is 1. The third-order valence-corrected chi connectivity index (χ3v) is 3.14. The van der Waals surface area contributed by atoms with Crippen molar-refractivity contribution >= 4 is 29.2 Å². The second-order valence-corrected chi connectivity index (χ2v) is 5.02.